The number of carbonyl (C=O) groups is 1. The van der Waals surface area contributed by atoms with E-state index < -0.39 is 20.9 Å². The topological polar surface area (TPSA) is 110 Å². The molecule has 0 aliphatic carbocycles. The lowest BCUT2D eigenvalue weighted by Gasteiger charge is -2.34. The van der Waals surface area contributed by atoms with Crippen molar-refractivity contribution in [1.82, 2.24) is 9.21 Å². The molecule has 0 aromatic heterocycles. The number of nitrogens with zero attached hydrogens (tertiary/aromatic N) is 3. The molecule has 0 spiro atoms. The van der Waals surface area contributed by atoms with Crippen molar-refractivity contribution in [2.75, 3.05) is 33.3 Å². The molecule has 1 aliphatic heterocycles. The molecule has 0 saturated carbocycles. The van der Waals surface area contributed by atoms with Crippen molar-refractivity contribution in [3.63, 3.8) is 0 Å². The number of non-ortho nitro benzene ring substituents is 1. The number of nitro groups is 1. The first-order valence-corrected chi connectivity index (χ1v) is 11.4. The van der Waals surface area contributed by atoms with Gasteiger partial charge in [-0.3, -0.25) is 14.9 Å². The minimum atomic E-state index is -3.72. The Bertz CT molecular complexity index is 1300. The first-order chi connectivity index (χ1) is 15.3. The lowest BCUT2D eigenvalue weighted by molar-refractivity contribution is -0.384. The summed E-state index contributed by atoms with van der Waals surface area (Å²) in [5.41, 5.74) is -0.140. The smallest absolute Gasteiger partial charge is 0.270 e. The number of nitro benzene ring substituents is 1. The Labute approximate surface area is 185 Å². The summed E-state index contributed by atoms with van der Waals surface area (Å²) in [4.78, 5) is 25.2. The van der Waals surface area contributed by atoms with Gasteiger partial charge < -0.3 is 9.64 Å². The van der Waals surface area contributed by atoms with E-state index in [1.54, 1.807) is 18.2 Å². The lowest BCUT2D eigenvalue weighted by atomic mass is 10.1. The number of carbonyl (C=O) groups excluding carboxylic acids is 1. The van der Waals surface area contributed by atoms with Crippen molar-refractivity contribution in [2.24, 2.45) is 0 Å². The lowest BCUT2D eigenvalue weighted by Crippen LogP contribution is -2.50. The molecule has 1 saturated heterocycles. The van der Waals surface area contributed by atoms with Crippen molar-refractivity contribution in [1.29, 1.82) is 0 Å². The summed E-state index contributed by atoms with van der Waals surface area (Å²) >= 11 is 0. The van der Waals surface area contributed by atoms with Crippen LogP contribution in [0.2, 0.25) is 0 Å². The Morgan fingerprint density at radius 3 is 2.31 bits per heavy atom. The number of fused-ring (bicyclic) bond motifs is 1. The number of ether oxygens (including phenoxy) is 1. The predicted octanol–water partition coefficient (Wildman–Crippen LogP) is 2.90. The zero-order valence-corrected chi connectivity index (χ0v) is 18.1. The third-order valence-electron chi connectivity index (χ3n) is 5.51. The maximum Gasteiger partial charge on any atom is 0.270 e. The average Bonchev–Trinajstić information content (AvgIpc) is 2.82. The van der Waals surface area contributed by atoms with Gasteiger partial charge in [-0.2, -0.15) is 4.31 Å². The fourth-order valence-electron chi connectivity index (χ4n) is 3.76. The first kappa shape index (κ1) is 21.7. The predicted molar refractivity (Wildman–Crippen MR) is 118 cm³/mol. The van der Waals surface area contributed by atoms with Gasteiger partial charge in [0, 0.05) is 38.3 Å². The Kier molecular flexibility index (Phi) is 5.81. The van der Waals surface area contributed by atoms with Gasteiger partial charge in [0.25, 0.3) is 11.6 Å². The number of benzene rings is 3. The molecule has 10 heteroatoms. The molecule has 0 bridgehead atoms. The van der Waals surface area contributed by atoms with Gasteiger partial charge in [0.1, 0.15) is 5.75 Å². The summed E-state index contributed by atoms with van der Waals surface area (Å²) in [7, 11) is -2.34. The van der Waals surface area contributed by atoms with Crippen LogP contribution in [0.15, 0.2) is 65.6 Å². The summed E-state index contributed by atoms with van der Waals surface area (Å²) < 4.78 is 32.8. The number of piperazine rings is 1. The van der Waals surface area contributed by atoms with Crippen LogP contribution in [-0.4, -0.2) is 61.7 Å². The van der Waals surface area contributed by atoms with Crippen molar-refractivity contribution < 1.29 is 22.9 Å². The average molecular weight is 455 g/mol. The molecule has 3 aromatic rings. The molecule has 4 rings (SSSR count). The number of hydrogen-bond donors (Lipinski definition) is 0. The molecule has 0 N–H and O–H groups in total. The van der Waals surface area contributed by atoms with Gasteiger partial charge in [0.05, 0.1) is 22.5 Å². The second-order valence-electron chi connectivity index (χ2n) is 7.35. The van der Waals surface area contributed by atoms with E-state index in [1.165, 1.54) is 34.5 Å². The molecular formula is C22H21N3O6S. The summed E-state index contributed by atoms with van der Waals surface area (Å²) in [5.74, 6) is -0.208. The van der Waals surface area contributed by atoms with E-state index in [2.05, 4.69) is 0 Å². The van der Waals surface area contributed by atoms with Gasteiger partial charge in [-0.1, -0.05) is 30.3 Å². The molecule has 1 amide bonds. The van der Waals surface area contributed by atoms with Crippen LogP contribution in [0.25, 0.3) is 10.8 Å². The quantitative estimate of drug-likeness (QED) is 0.432. The standard InChI is InChI=1S/C22H21N3O6S/c1-31-21-9-7-18(25(27)28)15-20(21)22(26)23-10-12-24(13-11-23)32(29,30)19-8-6-16-4-2-3-5-17(16)14-19/h2-9,14-15H,10-13H2,1H3. The molecular weight excluding hydrogens is 434 g/mol. The van der Waals surface area contributed by atoms with E-state index in [-0.39, 0.29) is 48.1 Å². The minimum Gasteiger partial charge on any atom is -0.496 e. The first-order valence-electron chi connectivity index (χ1n) is 9.92. The second kappa shape index (κ2) is 8.56. The summed E-state index contributed by atoms with van der Waals surface area (Å²) in [6.07, 6.45) is 0. The SMILES string of the molecule is COc1ccc([N+](=O)[O-])cc1C(=O)N1CCN(S(=O)(=O)c2ccc3ccccc3c2)CC1. The van der Waals surface area contributed by atoms with Crippen LogP contribution in [0.4, 0.5) is 5.69 Å². The maximum atomic E-state index is 13.1. The Hall–Kier alpha value is -3.50. The van der Waals surface area contributed by atoms with Crippen LogP contribution in [0, 0.1) is 10.1 Å². The molecule has 1 aliphatic rings. The van der Waals surface area contributed by atoms with Gasteiger partial charge in [0.15, 0.2) is 0 Å². The minimum absolute atomic E-state index is 0.0764. The summed E-state index contributed by atoms with van der Waals surface area (Å²) in [6, 6.07) is 16.4. The monoisotopic (exact) mass is 455 g/mol. The number of sulfonamides is 1. The Morgan fingerprint density at radius 1 is 0.969 bits per heavy atom. The van der Waals surface area contributed by atoms with Gasteiger partial charge in [-0.25, -0.2) is 8.42 Å². The van der Waals surface area contributed by atoms with Crippen molar-refractivity contribution >= 4 is 32.4 Å². The van der Waals surface area contributed by atoms with Gasteiger partial charge >= 0.3 is 0 Å². The highest BCUT2D eigenvalue weighted by Gasteiger charge is 2.32. The second-order valence-corrected chi connectivity index (χ2v) is 9.28. The van der Waals surface area contributed by atoms with Crippen LogP contribution >= 0.6 is 0 Å². The van der Waals surface area contributed by atoms with Crippen LogP contribution in [0.1, 0.15) is 10.4 Å². The molecule has 0 radical (unpaired) electrons. The number of rotatable bonds is 5. The molecule has 3 aromatic carbocycles. The summed E-state index contributed by atoms with van der Waals surface area (Å²) in [6.45, 7) is 0.575. The Balaban J connectivity index is 1.51. The molecule has 0 atom stereocenters. The highest BCUT2D eigenvalue weighted by atomic mass is 32.2. The third-order valence-corrected chi connectivity index (χ3v) is 7.40. The van der Waals surface area contributed by atoms with Crippen LogP contribution in [0.3, 0.4) is 0 Å². The van der Waals surface area contributed by atoms with Crippen molar-refractivity contribution in [2.45, 2.75) is 4.90 Å². The van der Waals surface area contributed by atoms with Crippen LogP contribution in [-0.2, 0) is 10.0 Å². The fourth-order valence-corrected chi connectivity index (χ4v) is 5.21. The normalized spacial score (nSPS) is 15.0. The summed E-state index contributed by atoms with van der Waals surface area (Å²) in [5, 5.41) is 12.9. The fraction of sp³-hybridized carbons (Fsp3) is 0.227. The van der Waals surface area contributed by atoms with Crippen LogP contribution in [0.5, 0.6) is 5.75 Å². The molecule has 1 heterocycles. The highest BCUT2D eigenvalue weighted by molar-refractivity contribution is 7.89. The maximum absolute atomic E-state index is 13.1. The molecule has 1 fully saturated rings. The Morgan fingerprint density at radius 2 is 1.66 bits per heavy atom. The van der Waals surface area contributed by atoms with Crippen molar-refractivity contribution in [3.05, 3.63) is 76.3 Å². The van der Waals surface area contributed by atoms with Gasteiger partial charge in [-0.05, 0) is 29.0 Å². The third kappa shape index (κ3) is 4.02. The number of methoxy groups -OCH3 is 1. The van der Waals surface area contributed by atoms with E-state index in [0.717, 1.165) is 10.8 Å². The number of hydrogen-bond acceptors (Lipinski definition) is 6. The van der Waals surface area contributed by atoms with Crippen molar-refractivity contribution in [3.8, 4) is 5.75 Å². The number of amides is 1. The van der Waals surface area contributed by atoms with Crippen LogP contribution < -0.4 is 4.74 Å². The molecule has 32 heavy (non-hydrogen) atoms. The van der Waals surface area contributed by atoms with E-state index in [1.807, 2.05) is 24.3 Å². The van der Waals surface area contributed by atoms with Gasteiger partial charge in [0.2, 0.25) is 10.0 Å². The largest absolute Gasteiger partial charge is 0.496 e. The molecule has 9 nitrogen and oxygen atoms in total. The zero-order valence-electron chi connectivity index (χ0n) is 17.3. The van der Waals surface area contributed by atoms with E-state index in [0.29, 0.717) is 0 Å². The highest BCUT2D eigenvalue weighted by Crippen LogP contribution is 2.27. The van der Waals surface area contributed by atoms with Gasteiger partial charge in [-0.15, -0.1) is 0 Å². The molecule has 0 unspecified atom stereocenters. The van der Waals surface area contributed by atoms with E-state index in [4.69, 9.17) is 4.74 Å². The molecule has 166 valence electrons. The van der Waals surface area contributed by atoms with E-state index >= 15 is 0 Å². The zero-order chi connectivity index (χ0) is 22.9. The van der Waals surface area contributed by atoms with E-state index in [9.17, 15) is 23.3 Å².